The molecule has 0 saturated carbocycles. The smallest absolute Gasteiger partial charge is 0.266 e. The standard InChI is InChI=1S/C13H18N2O2/c1-4-17-9-13(16)15-14-8-12-6-5-10(2)7-11(12)3/h5-8H,4,9H2,1-3H3,(H,15,16)/b14-8+. The number of rotatable bonds is 5. The zero-order valence-electron chi connectivity index (χ0n) is 10.5. The van der Waals surface area contributed by atoms with E-state index >= 15 is 0 Å². The van der Waals surface area contributed by atoms with Crippen LogP contribution in [0.3, 0.4) is 0 Å². The second kappa shape index (κ2) is 6.81. The van der Waals surface area contributed by atoms with Gasteiger partial charge >= 0.3 is 0 Å². The number of carbonyl (C=O) groups is 1. The average molecular weight is 234 g/mol. The van der Waals surface area contributed by atoms with Crippen LogP contribution in [0.2, 0.25) is 0 Å². The third-order valence-corrected chi connectivity index (χ3v) is 2.26. The predicted molar refractivity (Wildman–Crippen MR) is 68.1 cm³/mol. The molecule has 0 aliphatic carbocycles. The molecule has 0 aliphatic rings. The molecule has 0 heterocycles. The van der Waals surface area contributed by atoms with E-state index in [1.54, 1.807) is 6.21 Å². The van der Waals surface area contributed by atoms with Crippen molar-refractivity contribution in [2.75, 3.05) is 13.2 Å². The molecule has 1 N–H and O–H groups in total. The second-order valence-corrected chi connectivity index (χ2v) is 3.79. The molecule has 1 amide bonds. The highest BCUT2D eigenvalue weighted by molar-refractivity contribution is 5.84. The number of hydrogen-bond acceptors (Lipinski definition) is 3. The van der Waals surface area contributed by atoms with Gasteiger partial charge in [-0.15, -0.1) is 0 Å². The molecule has 1 rings (SSSR count). The number of nitrogens with zero attached hydrogens (tertiary/aromatic N) is 1. The van der Waals surface area contributed by atoms with Crippen molar-refractivity contribution in [3.05, 3.63) is 34.9 Å². The van der Waals surface area contributed by atoms with Crippen molar-refractivity contribution in [2.24, 2.45) is 5.10 Å². The Bertz CT molecular complexity index is 414. The first-order valence-electron chi connectivity index (χ1n) is 5.60. The van der Waals surface area contributed by atoms with Crippen LogP contribution < -0.4 is 5.43 Å². The van der Waals surface area contributed by atoms with Crippen molar-refractivity contribution in [1.29, 1.82) is 0 Å². The highest BCUT2D eigenvalue weighted by atomic mass is 16.5. The van der Waals surface area contributed by atoms with Gasteiger partial charge in [0, 0.05) is 6.61 Å². The summed E-state index contributed by atoms with van der Waals surface area (Å²) >= 11 is 0. The topological polar surface area (TPSA) is 50.7 Å². The monoisotopic (exact) mass is 234 g/mol. The minimum absolute atomic E-state index is 0.0424. The zero-order chi connectivity index (χ0) is 12.7. The maximum Gasteiger partial charge on any atom is 0.266 e. The molecule has 0 aliphatic heterocycles. The Balaban J connectivity index is 2.50. The van der Waals surface area contributed by atoms with Gasteiger partial charge in [-0.25, -0.2) is 5.43 Å². The highest BCUT2D eigenvalue weighted by Gasteiger charge is 1.98. The number of amides is 1. The first-order chi connectivity index (χ1) is 8.13. The largest absolute Gasteiger partial charge is 0.372 e. The lowest BCUT2D eigenvalue weighted by molar-refractivity contribution is -0.125. The van der Waals surface area contributed by atoms with Crippen LogP contribution >= 0.6 is 0 Å². The third-order valence-electron chi connectivity index (χ3n) is 2.26. The van der Waals surface area contributed by atoms with Crippen molar-refractivity contribution in [3.8, 4) is 0 Å². The number of carbonyl (C=O) groups excluding carboxylic acids is 1. The number of benzene rings is 1. The minimum Gasteiger partial charge on any atom is -0.372 e. The van der Waals surface area contributed by atoms with E-state index in [-0.39, 0.29) is 12.5 Å². The lowest BCUT2D eigenvalue weighted by Gasteiger charge is -2.02. The molecular weight excluding hydrogens is 216 g/mol. The summed E-state index contributed by atoms with van der Waals surface area (Å²) in [4.78, 5) is 11.2. The van der Waals surface area contributed by atoms with Crippen molar-refractivity contribution in [2.45, 2.75) is 20.8 Å². The lowest BCUT2D eigenvalue weighted by Crippen LogP contribution is -2.22. The molecule has 0 aromatic heterocycles. The van der Waals surface area contributed by atoms with Crippen LogP contribution in [0.5, 0.6) is 0 Å². The Labute approximate surface area is 102 Å². The number of ether oxygens (including phenoxy) is 1. The Morgan fingerprint density at radius 2 is 2.24 bits per heavy atom. The first-order valence-corrected chi connectivity index (χ1v) is 5.60. The first kappa shape index (κ1) is 13.4. The summed E-state index contributed by atoms with van der Waals surface area (Å²) in [5, 5.41) is 3.88. The summed E-state index contributed by atoms with van der Waals surface area (Å²) in [5.41, 5.74) is 5.75. The number of hydrazone groups is 1. The van der Waals surface area contributed by atoms with Crippen molar-refractivity contribution in [3.63, 3.8) is 0 Å². The van der Waals surface area contributed by atoms with Gasteiger partial charge in [0.25, 0.3) is 5.91 Å². The lowest BCUT2D eigenvalue weighted by atomic mass is 10.1. The molecule has 0 bridgehead atoms. The number of nitrogens with one attached hydrogen (secondary N) is 1. The molecule has 17 heavy (non-hydrogen) atoms. The van der Waals surface area contributed by atoms with Gasteiger partial charge in [0.2, 0.25) is 0 Å². The molecule has 0 spiro atoms. The van der Waals surface area contributed by atoms with E-state index in [9.17, 15) is 4.79 Å². The SMILES string of the molecule is CCOCC(=O)N/N=C/c1ccc(C)cc1C. The Morgan fingerprint density at radius 3 is 2.88 bits per heavy atom. The molecule has 92 valence electrons. The predicted octanol–water partition coefficient (Wildman–Crippen LogP) is 1.79. The van der Waals surface area contributed by atoms with E-state index in [0.29, 0.717) is 6.61 Å². The fraction of sp³-hybridized carbons (Fsp3) is 0.385. The fourth-order valence-corrected chi connectivity index (χ4v) is 1.37. The molecule has 0 fully saturated rings. The van der Waals surface area contributed by atoms with E-state index in [1.165, 1.54) is 5.56 Å². The van der Waals surface area contributed by atoms with E-state index in [1.807, 2.05) is 32.9 Å². The molecular formula is C13H18N2O2. The highest BCUT2D eigenvalue weighted by Crippen LogP contribution is 2.07. The molecule has 4 heteroatoms. The van der Waals surface area contributed by atoms with Crippen molar-refractivity contribution < 1.29 is 9.53 Å². The summed E-state index contributed by atoms with van der Waals surface area (Å²) in [6.07, 6.45) is 1.64. The van der Waals surface area contributed by atoms with Crippen LogP contribution in [0.25, 0.3) is 0 Å². The van der Waals surface area contributed by atoms with E-state index in [4.69, 9.17) is 4.74 Å². The number of hydrogen-bond donors (Lipinski definition) is 1. The van der Waals surface area contributed by atoms with Crippen LogP contribution in [-0.4, -0.2) is 25.3 Å². The summed E-state index contributed by atoms with van der Waals surface area (Å²) in [6.45, 7) is 6.45. The van der Waals surface area contributed by atoms with Gasteiger partial charge in [-0.3, -0.25) is 4.79 Å². The molecule has 4 nitrogen and oxygen atoms in total. The van der Waals surface area contributed by atoms with Crippen LogP contribution in [0.4, 0.5) is 0 Å². The normalized spacial score (nSPS) is 10.8. The molecule has 0 radical (unpaired) electrons. The Kier molecular flexibility index (Phi) is 5.36. The molecule has 0 unspecified atom stereocenters. The van der Waals surface area contributed by atoms with Gasteiger partial charge in [0.15, 0.2) is 0 Å². The minimum atomic E-state index is -0.243. The third kappa shape index (κ3) is 4.78. The maximum atomic E-state index is 11.2. The van der Waals surface area contributed by atoms with Gasteiger partial charge in [-0.2, -0.15) is 5.10 Å². The summed E-state index contributed by atoms with van der Waals surface area (Å²) in [5.74, 6) is -0.243. The molecule has 1 aromatic rings. The van der Waals surface area contributed by atoms with Crippen molar-refractivity contribution in [1.82, 2.24) is 5.43 Å². The van der Waals surface area contributed by atoms with Crippen LogP contribution in [0, 0.1) is 13.8 Å². The Hall–Kier alpha value is -1.68. The molecule has 1 aromatic carbocycles. The summed E-state index contributed by atoms with van der Waals surface area (Å²) in [6, 6.07) is 6.06. The quantitative estimate of drug-likeness (QED) is 0.623. The van der Waals surface area contributed by atoms with E-state index in [0.717, 1.165) is 11.1 Å². The van der Waals surface area contributed by atoms with Crippen molar-refractivity contribution >= 4 is 12.1 Å². The van der Waals surface area contributed by atoms with Gasteiger partial charge in [-0.05, 0) is 31.9 Å². The zero-order valence-corrected chi connectivity index (χ0v) is 10.5. The van der Waals surface area contributed by atoms with Gasteiger partial charge in [-0.1, -0.05) is 23.8 Å². The molecule has 0 atom stereocenters. The Morgan fingerprint density at radius 1 is 1.47 bits per heavy atom. The van der Waals surface area contributed by atoms with Gasteiger partial charge < -0.3 is 4.74 Å². The number of aryl methyl sites for hydroxylation is 2. The summed E-state index contributed by atoms with van der Waals surface area (Å²) in [7, 11) is 0. The van der Waals surface area contributed by atoms with Gasteiger partial charge in [0.05, 0.1) is 6.21 Å². The van der Waals surface area contributed by atoms with Crippen LogP contribution in [0.15, 0.2) is 23.3 Å². The summed E-state index contributed by atoms with van der Waals surface area (Å²) < 4.78 is 4.95. The average Bonchev–Trinajstić information content (AvgIpc) is 2.29. The van der Waals surface area contributed by atoms with E-state index in [2.05, 4.69) is 16.6 Å². The maximum absolute atomic E-state index is 11.2. The van der Waals surface area contributed by atoms with E-state index < -0.39 is 0 Å². The second-order valence-electron chi connectivity index (χ2n) is 3.79. The van der Waals surface area contributed by atoms with Crippen LogP contribution in [0.1, 0.15) is 23.6 Å². The fourth-order valence-electron chi connectivity index (χ4n) is 1.37. The van der Waals surface area contributed by atoms with Crippen LogP contribution in [-0.2, 0) is 9.53 Å². The molecule has 0 saturated heterocycles. The van der Waals surface area contributed by atoms with Gasteiger partial charge in [0.1, 0.15) is 6.61 Å².